The molecule has 0 spiro atoms. The summed E-state index contributed by atoms with van der Waals surface area (Å²) >= 11 is 1.49. The number of nitrogens with zero attached hydrogens (tertiary/aromatic N) is 1. The lowest BCUT2D eigenvalue weighted by Crippen LogP contribution is -2.47. The number of anilines is 4. The third-order valence-corrected chi connectivity index (χ3v) is 5.48. The zero-order chi connectivity index (χ0) is 19.0. The summed E-state index contributed by atoms with van der Waals surface area (Å²) in [4.78, 5) is 39.0. The van der Waals surface area contributed by atoms with E-state index in [0.717, 1.165) is 16.3 Å². The number of hydrogen-bond donors (Lipinski definition) is 3. The normalized spacial score (nSPS) is 16.6. The van der Waals surface area contributed by atoms with Gasteiger partial charge in [-0.15, -0.1) is 11.8 Å². The Hall–Kier alpha value is -3.00. The molecular formula is C19H18N4O3S. The van der Waals surface area contributed by atoms with Gasteiger partial charge in [-0.25, -0.2) is 0 Å². The number of carbonyl (C=O) groups excluding carboxylic acids is 3. The van der Waals surface area contributed by atoms with E-state index in [-0.39, 0.29) is 24.3 Å². The minimum Gasteiger partial charge on any atom is -0.374 e. The van der Waals surface area contributed by atoms with Crippen molar-refractivity contribution in [3.8, 4) is 0 Å². The lowest BCUT2D eigenvalue weighted by molar-refractivity contribution is -0.122. The number of nitrogens with one attached hydrogen (secondary N) is 3. The molecule has 0 saturated carbocycles. The predicted molar refractivity (Wildman–Crippen MR) is 106 cm³/mol. The molecule has 2 aromatic carbocycles. The smallest absolute Gasteiger partial charge is 0.249 e. The zero-order valence-corrected chi connectivity index (χ0v) is 15.4. The molecule has 138 valence electrons. The summed E-state index contributed by atoms with van der Waals surface area (Å²) in [5, 5.41) is 8.78. The minimum absolute atomic E-state index is 0.0151. The fourth-order valence-corrected chi connectivity index (χ4v) is 3.94. The van der Waals surface area contributed by atoms with E-state index in [1.54, 1.807) is 13.0 Å². The average Bonchev–Trinajstić information content (AvgIpc) is 2.66. The van der Waals surface area contributed by atoms with E-state index in [1.165, 1.54) is 16.7 Å². The van der Waals surface area contributed by atoms with Crippen LogP contribution in [0.4, 0.5) is 22.7 Å². The molecule has 0 saturated heterocycles. The van der Waals surface area contributed by atoms with Crippen LogP contribution in [-0.2, 0) is 14.4 Å². The van der Waals surface area contributed by atoms with Gasteiger partial charge in [-0.2, -0.15) is 0 Å². The molecule has 27 heavy (non-hydrogen) atoms. The summed E-state index contributed by atoms with van der Waals surface area (Å²) in [6.45, 7) is 1.74. The standard InChI is InChI=1S/C19H18N4O3S/c1-11(20-12-6-7-16-14(8-12)22-18(25)10-27-16)19(26)23-9-17(24)21-13-4-2-3-5-15(13)23/h2-8,11,20H,9-10H2,1H3,(H,21,24)(H,22,25)/t11-/m1/s1. The SMILES string of the molecule is C[C@@H](Nc1ccc2c(c1)NC(=O)CS2)C(=O)N1CC(=O)Nc2ccccc21. The van der Waals surface area contributed by atoms with E-state index in [1.807, 2.05) is 36.4 Å². The Labute approximate surface area is 160 Å². The number of thioether (sulfide) groups is 1. The Bertz CT molecular complexity index is 946. The van der Waals surface area contributed by atoms with Gasteiger partial charge >= 0.3 is 0 Å². The van der Waals surface area contributed by atoms with Crippen molar-refractivity contribution in [2.24, 2.45) is 0 Å². The van der Waals surface area contributed by atoms with Crippen LogP contribution in [0.3, 0.4) is 0 Å². The molecule has 7 nitrogen and oxygen atoms in total. The van der Waals surface area contributed by atoms with Crippen molar-refractivity contribution in [2.75, 3.05) is 33.1 Å². The average molecular weight is 382 g/mol. The number of hydrogen-bond acceptors (Lipinski definition) is 5. The van der Waals surface area contributed by atoms with E-state index in [2.05, 4.69) is 16.0 Å². The molecule has 1 atom stereocenters. The molecule has 0 bridgehead atoms. The second-order valence-corrected chi connectivity index (χ2v) is 7.42. The molecule has 3 N–H and O–H groups in total. The number of carbonyl (C=O) groups is 3. The second-order valence-electron chi connectivity index (χ2n) is 6.40. The molecule has 3 amide bonds. The largest absolute Gasteiger partial charge is 0.374 e. The van der Waals surface area contributed by atoms with Gasteiger partial charge in [0.2, 0.25) is 17.7 Å². The highest BCUT2D eigenvalue weighted by atomic mass is 32.2. The highest BCUT2D eigenvalue weighted by molar-refractivity contribution is 8.00. The van der Waals surface area contributed by atoms with Gasteiger partial charge in [0.1, 0.15) is 12.6 Å². The van der Waals surface area contributed by atoms with Crippen LogP contribution in [0.15, 0.2) is 47.4 Å². The van der Waals surface area contributed by atoms with Crippen molar-refractivity contribution in [1.29, 1.82) is 0 Å². The van der Waals surface area contributed by atoms with Crippen molar-refractivity contribution < 1.29 is 14.4 Å². The molecule has 2 aromatic rings. The summed E-state index contributed by atoms with van der Waals surface area (Å²) in [5.41, 5.74) is 2.78. The highest BCUT2D eigenvalue weighted by Crippen LogP contribution is 2.34. The molecule has 0 aromatic heterocycles. The molecule has 2 aliphatic rings. The topological polar surface area (TPSA) is 90.5 Å². The number of para-hydroxylation sites is 2. The molecule has 0 aliphatic carbocycles. The first-order chi connectivity index (χ1) is 13.0. The molecular weight excluding hydrogens is 364 g/mol. The molecule has 2 aliphatic heterocycles. The van der Waals surface area contributed by atoms with Crippen LogP contribution in [0, 0.1) is 0 Å². The van der Waals surface area contributed by atoms with Gasteiger partial charge in [0.15, 0.2) is 0 Å². The third-order valence-electron chi connectivity index (χ3n) is 4.40. The zero-order valence-electron chi connectivity index (χ0n) is 14.6. The van der Waals surface area contributed by atoms with E-state index in [9.17, 15) is 14.4 Å². The van der Waals surface area contributed by atoms with Gasteiger partial charge in [-0.05, 0) is 37.3 Å². The van der Waals surface area contributed by atoms with Crippen LogP contribution in [0.1, 0.15) is 6.92 Å². The fraction of sp³-hybridized carbons (Fsp3) is 0.211. The van der Waals surface area contributed by atoms with Gasteiger partial charge in [0.25, 0.3) is 0 Å². The number of benzene rings is 2. The maximum atomic E-state index is 13.0. The van der Waals surface area contributed by atoms with Crippen LogP contribution in [0.2, 0.25) is 0 Å². The Morgan fingerprint density at radius 1 is 1.11 bits per heavy atom. The number of rotatable bonds is 3. The Morgan fingerprint density at radius 3 is 2.74 bits per heavy atom. The lowest BCUT2D eigenvalue weighted by atomic mass is 10.1. The first kappa shape index (κ1) is 17.4. The quantitative estimate of drug-likeness (QED) is 0.759. The van der Waals surface area contributed by atoms with Crippen molar-refractivity contribution in [2.45, 2.75) is 17.9 Å². The van der Waals surface area contributed by atoms with Crippen LogP contribution in [-0.4, -0.2) is 36.1 Å². The molecule has 8 heteroatoms. The van der Waals surface area contributed by atoms with Gasteiger partial charge in [0.05, 0.1) is 22.8 Å². The monoisotopic (exact) mass is 382 g/mol. The molecule has 0 radical (unpaired) electrons. The van der Waals surface area contributed by atoms with Gasteiger partial charge in [-0.1, -0.05) is 12.1 Å². The fourth-order valence-electron chi connectivity index (χ4n) is 3.15. The second kappa shape index (κ2) is 6.96. The maximum absolute atomic E-state index is 13.0. The first-order valence-corrected chi connectivity index (χ1v) is 9.53. The molecule has 4 rings (SSSR count). The Morgan fingerprint density at radius 2 is 1.89 bits per heavy atom. The summed E-state index contributed by atoms with van der Waals surface area (Å²) in [5.74, 6) is -0.0497. The summed E-state index contributed by atoms with van der Waals surface area (Å²) in [7, 11) is 0. The Balaban J connectivity index is 1.53. The summed E-state index contributed by atoms with van der Waals surface area (Å²) in [6, 6.07) is 12.3. The molecule has 0 unspecified atom stereocenters. The van der Waals surface area contributed by atoms with Crippen molar-refractivity contribution in [3.05, 3.63) is 42.5 Å². The van der Waals surface area contributed by atoms with Crippen LogP contribution in [0.5, 0.6) is 0 Å². The van der Waals surface area contributed by atoms with Gasteiger partial charge < -0.3 is 16.0 Å². The maximum Gasteiger partial charge on any atom is 0.249 e. The van der Waals surface area contributed by atoms with E-state index in [4.69, 9.17) is 0 Å². The van der Waals surface area contributed by atoms with Crippen LogP contribution >= 0.6 is 11.8 Å². The van der Waals surface area contributed by atoms with E-state index < -0.39 is 6.04 Å². The van der Waals surface area contributed by atoms with Gasteiger partial charge in [-0.3, -0.25) is 19.3 Å². The Kier molecular flexibility index (Phi) is 4.49. The van der Waals surface area contributed by atoms with Crippen LogP contribution < -0.4 is 20.9 Å². The minimum atomic E-state index is -0.547. The third kappa shape index (κ3) is 3.48. The van der Waals surface area contributed by atoms with E-state index >= 15 is 0 Å². The predicted octanol–water partition coefficient (Wildman–Crippen LogP) is 2.52. The summed E-state index contributed by atoms with van der Waals surface area (Å²) in [6.07, 6.45) is 0. The van der Waals surface area contributed by atoms with Gasteiger partial charge in [0, 0.05) is 10.6 Å². The number of amides is 3. The van der Waals surface area contributed by atoms with Crippen LogP contribution in [0.25, 0.3) is 0 Å². The molecule has 2 heterocycles. The lowest BCUT2D eigenvalue weighted by Gasteiger charge is -2.31. The van der Waals surface area contributed by atoms with E-state index in [0.29, 0.717) is 17.1 Å². The first-order valence-electron chi connectivity index (χ1n) is 8.55. The highest BCUT2D eigenvalue weighted by Gasteiger charge is 2.29. The molecule has 0 fully saturated rings. The van der Waals surface area contributed by atoms with Crippen molar-refractivity contribution in [1.82, 2.24) is 0 Å². The van der Waals surface area contributed by atoms with Crippen molar-refractivity contribution in [3.63, 3.8) is 0 Å². The van der Waals surface area contributed by atoms with Crippen molar-refractivity contribution >= 4 is 52.2 Å². The number of fused-ring (bicyclic) bond motifs is 2. The summed E-state index contributed by atoms with van der Waals surface area (Å²) < 4.78 is 0.